The molecule has 0 bridgehead atoms. The summed E-state index contributed by atoms with van der Waals surface area (Å²) in [6, 6.07) is 9.85. The number of alkyl halides is 3. The number of halogens is 4. The molecule has 0 aliphatic heterocycles. The maximum Gasteiger partial charge on any atom is 0.416 e. The van der Waals surface area contributed by atoms with E-state index in [1.54, 1.807) is 12.1 Å². The largest absolute Gasteiger partial charge is 0.456 e. The van der Waals surface area contributed by atoms with Crippen LogP contribution in [0.1, 0.15) is 24.0 Å². The third kappa shape index (κ3) is 5.94. The molecule has 198 valence electrons. The summed E-state index contributed by atoms with van der Waals surface area (Å²) in [5, 5.41) is 7.86. The average Bonchev–Trinajstić information content (AvgIpc) is 3.66. The highest BCUT2D eigenvalue weighted by atomic mass is 32.1. The predicted molar refractivity (Wildman–Crippen MR) is 139 cm³/mol. The molecule has 1 heterocycles. The Labute approximate surface area is 223 Å². The Morgan fingerprint density at radius 1 is 1.03 bits per heavy atom. The highest BCUT2D eigenvalue weighted by molar-refractivity contribution is 7.22. The van der Waals surface area contributed by atoms with Crippen molar-refractivity contribution in [2.75, 3.05) is 16.0 Å². The van der Waals surface area contributed by atoms with Crippen LogP contribution in [0.3, 0.4) is 0 Å². The van der Waals surface area contributed by atoms with Crippen molar-refractivity contribution >= 4 is 50.0 Å². The van der Waals surface area contributed by atoms with Crippen LogP contribution in [0.25, 0.3) is 10.2 Å². The Bertz CT molecular complexity index is 1620. The van der Waals surface area contributed by atoms with Gasteiger partial charge in [-0.2, -0.15) is 13.2 Å². The van der Waals surface area contributed by atoms with Crippen LogP contribution in [-0.2, 0) is 11.0 Å². The lowest BCUT2D eigenvalue weighted by molar-refractivity contribution is -0.137. The van der Waals surface area contributed by atoms with Gasteiger partial charge < -0.3 is 20.7 Å². The van der Waals surface area contributed by atoms with Crippen molar-refractivity contribution in [3.63, 3.8) is 0 Å². The summed E-state index contributed by atoms with van der Waals surface area (Å²) in [4.78, 5) is 28.8. The summed E-state index contributed by atoms with van der Waals surface area (Å²) < 4.78 is 59.1. The van der Waals surface area contributed by atoms with Gasteiger partial charge >= 0.3 is 12.2 Å². The zero-order valence-corrected chi connectivity index (χ0v) is 20.7. The van der Waals surface area contributed by atoms with Crippen LogP contribution in [0, 0.1) is 24.1 Å². The summed E-state index contributed by atoms with van der Waals surface area (Å²) in [6.45, 7) is 0. The molecule has 0 spiro atoms. The first-order valence-electron chi connectivity index (χ1n) is 11.5. The van der Waals surface area contributed by atoms with E-state index in [0.717, 1.165) is 43.2 Å². The first-order chi connectivity index (χ1) is 18.6. The van der Waals surface area contributed by atoms with E-state index in [1.165, 1.54) is 23.5 Å². The van der Waals surface area contributed by atoms with Crippen LogP contribution >= 0.6 is 11.3 Å². The number of thiazole rings is 1. The number of carbonyl (C=O) groups excluding carboxylic acids is 2. The van der Waals surface area contributed by atoms with E-state index in [2.05, 4.69) is 26.9 Å². The minimum Gasteiger partial charge on any atom is -0.456 e. The molecule has 0 atom stereocenters. The summed E-state index contributed by atoms with van der Waals surface area (Å²) in [5.41, 5.74) is -0.0596. The van der Waals surface area contributed by atoms with Crippen molar-refractivity contribution in [1.82, 2.24) is 4.98 Å². The van der Waals surface area contributed by atoms with E-state index in [9.17, 15) is 27.2 Å². The van der Waals surface area contributed by atoms with Gasteiger partial charge in [0.25, 0.3) is 0 Å². The number of hydrogen-bond acceptors (Lipinski definition) is 5. The molecule has 1 aliphatic carbocycles. The average molecular weight is 555 g/mol. The molecule has 3 aromatic carbocycles. The van der Waals surface area contributed by atoms with Gasteiger partial charge in [-0.3, -0.25) is 4.79 Å². The topological polar surface area (TPSA) is 92.3 Å². The number of hydrogen-bond donors (Lipinski definition) is 3. The van der Waals surface area contributed by atoms with Gasteiger partial charge in [0.2, 0.25) is 5.91 Å². The van der Waals surface area contributed by atoms with Crippen molar-refractivity contribution in [2.24, 2.45) is 5.92 Å². The number of ether oxygens (including phenoxy) is 1. The second kappa shape index (κ2) is 10.3. The monoisotopic (exact) mass is 554 g/mol. The fourth-order valence-electron chi connectivity index (χ4n) is 3.62. The highest BCUT2D eigenvalue weighted by Gasteiger charge is 2.31. The Balaban J connectivity index is 1.31. The third-order valence-electron chi connectivity index (χ3n) is 5.73. The number of anilines is 3. The highest BCUT2D eigenvalue weighted by Crippen LogP contribution is 2.38. The van der Waals surface area contributed by atoms with Crippen molar-refractivity contribution in [3.8, 4) is 23.8 Å². The number of carbonyl (C=O) groups is 2. The van der Waals surface area contributed by atoms with Crippen LogP contribution in [0.5, 0.6) is 11.5 Å². The van der Waals surface area contributed by atoms with Crippen molar-refractivity contribution < 1.29 is 31.9 Å². The number of amides is 3. The normalized spacial score (nSPS) is 13.0. The van der Waals surface area contributed by atoms with Crippen molar-refractivity contribution in [1.29, 1.82) is 0 Å². The summed E-state index contributed by atoms with van der Waals surface area (Å²) in [6.07, 6.45) is 2.94. The number of terminal acetylenes is 1. The molecule has 1 fully saturated rings. The first kappa shape index (κ1) is 26.0. The molecular weight excluding hydrogens is 536 g/mol. The molecule has 1 aromatic heterocycles. The van der Waals surface area contributed by atoms with Gasteiger partial charge in [0.15, 0.2) is 5.13 Å². The van der Waals surface area contributed by atoms with Gasteiger partial charge in [-0.05, 0) is 61.4 Å². The second-order valence-corrected chi connectivity index (χ2v) is 9.61. The molecule has 12 heteroatoms. The molecule has 3 N–H and O–H groups in total. The Morgan fingerprint density at radius 2 is 1.77 bits per heavy atom. The van der Waals surface area contributed by atoms with E-state index in [1.807, 2.05) is 0 Å². The number of urea groups is 1. The van der Waals surface area contributed by atoms with Crippen LogP contribution in [-0.4, -0.2) is 16.9 Å². The maximum absolute atomic E-state index is 14.4. The van der Waals surface area contributed by atoms with Gasteiger partial charge in [0, 0.05) is 17.7 Å². The van der Waals surface area contributed by atoms with Crippen molar-refractivity contribution in [2.45, 2.75) is 19.0 Å². The van der Waals surface area contributed by atoms with Crippen LogP contribution in [0.2, 0.25) is 0 Å². The van der Waals surface area contributed by atoms with Crippen molar-refractivity contribution in [3.05, 3.63) is 71.5 Å². The fraction of sp³-hybridized carbons (Fsp3) is 0.148. The number of benzene rings is 3. The number of nitrogens with one attached hydrogen (secondary N) is 3. The van der Waals surface area contributed by atoms with E-state index >= 15 is 0 Å². The quantitative estimate of drug-likeness (QED) is 0.173. The van der Waals surface area contributed by atoms with Crippen LogP contribution < -0.4 is 20.7 Å². The molecule has 0 saturated heterocycles. The van der Waals surface area contributed by atoms with Gasteiger partial charge in [-0.25, -0.2) is 14.2 Å². The number of rotatable bonds is 6. The van der Waals surface area contributed by atoms with E-state index in [-0.39, 0.29) is 34.7 Å². The molecule has 3 amide bonds. The lowest BCUT2D eigenvalue weighted by Crippen LogP contribution is -2.20. The minimum atomic E-state index is -4.51. The SMILES string of the molecule is C#Cc1c(Oc2ccc(F)c(NC(=O)Nc3ccc(C(F)(F)F)cc3)c2)ccc2nc(NC(=O)C3CC3)sc12. The van der Waals surface area contributed by atoms with E-state index < -0.39 is 23.6 Å². The first-order valence-corrected chi connectivity index (χ1v) is 12.4. The molecule has 1 aliphatic rings. The van der Waals surface area contributed by atoms with E-state index in [0.29, 0.717) is 20.9 Å². The zero-order chi connectivity index (χ0) is 27.7. The zero-order valence-electron chi connectivity index (χ0n) is 19.9. The molecular formula is C27H18F4N4O3S. The fourth-order valence-corrected chi connectivity index (χ4v) is 4.59. The third-order valence-corrected chi connectivity index (χ3v) is 6.73. The van der Waals surface area contributed by atoms with Crippen LogP contribution in [0.15, 0.2) is 54.6 Å². The van der Waals surface area contributed by atoms with Gasteiger partial charge in [0.05, 0.1) is 27.0 Å². The van der Waals surface area contributed by atoms with Gasteiger partial charge in [-0.1, -0.05) is 17.3 Å². The second-order valence-electron chi connectivity index (χ2n) is 8.61. The summed E-state index contributed by atoms with van der Waals surface area (Å²) in [5.74, 6) is 2.17. The Morgan fingerprint density at radius 3 is 2.44 bits per heavy atom. The lowest BCUT2D eigenvalue weighted by atomic mass is 10.2. The Kier molecular flexibility index (Phi) is 6.84. The predicted octanol–water partition coefficient (Wildman–Crippen LogP) is 7.22. The number of nitrogens with zero attached hydrogens (tertiary/aromatic N) is 1. The lowest BCUT2D eigenvalue weighted by Gasteiger charge is -2.12. The number of aromatic nitrogens is 1. The molecule has 0 unspecified atom stereocenters. The molecule has 1 saturated carbocycles. The summed E-state index contributed by atoms with van der Waals surface area (Å²) >= 11 is 1.21. The molecule has 4 aromatic rings. The number of fused-ring (bicyclic) bond motifs is 1. The maximum atomic E-state index is 14.4. The van der Waals surface area contributed by atoms with E-state index in [4.69, 9.17) is 11.2 Å². The van der Waals surface area contributed by atoms with Crippen LogP contribution in [0.4, 0.5) is 38.9 Å². The smallest absolute Gasteiger partial charge is 0.416 e. The minimum absolute atomic E-state index is 0.0151. The molecule has 7 nitrogen and oxygen atoms in total. The Hall–Kier alpha value is -4.63. The van der Waals surface area contributed by atoms with Gasteiger partial charge in [0.1, 0.15) is 17.3 Å². The molecule has 0 radical (unpaired) electrons. The molecule has 5 rings (SSSR count). The summed E-state index contributed by atoms with van der Waals surface area (Å²) in [7, 11) is 0. The standard InChI is InChI=1S/C27H18F4N4O3S/c1-2-18-22(12-11-20-23(18)39-26(34-20)35-24(36)14-3-4-14)38-17-9-10-19(28)21(13-17)33-25(37)32-16-7-5-15(6-8-16)27(29,30)31/h1,5-14H,3-4H2,(H2,32,33,37)(H,34,35,36). The molecule has 39 heavy (non-hydrogen) atoms. The van der Waals surface area contributed by atoms with Gasteiger partial charge in [-0.15, -0.1) is 6.42 Å².